The Morgan fingerprint density at radius 3 is 1.38 bits per heavy atom. The van der Waals surface area contributed by atoms with Gasteiger partial charge in [-0.2, -0.15) is 23.7 Å². The van der Waals surface area contributed by atoms with Crippen LogP contribution in [0.15, 0.2) is 98.1 Å². The number of methoxy groups -OCH3 is 2. The summed E-state index contributed by atoms with van der Waals surface area (Å²) >= 11 is 0. The van der Waals surface area contributed by atoms with Crippen LogP contribution in [0, 0.1) is 22.7 Å². The van der Waals surface area contributed by atoms with Crippen LogP contribution in [0.25, 0.3) is 0 Å². The van der Waals surface area contributed by atoms with Gasteiger partial charge in [-0.3, -0.25) is 47.7 Å². The average molecular weight is 1460 g/mol. The molecular formula is C62H102F3N10O20P3. The van der Waals surface area contributed by atoms with Gasteiger partial charge in [0.1, 0.15) is 36.6 Å². The molecule has 0 radical (unpaired) electrons. The van der Waals surface area contributed by atoms with Crippen molar-refractivity contribution >= 4 is 29.6 Å². The van der Waals surface area contributed by atoms with Crippen LogP contribution in [-0.4, -0.2) is 194 Å². The minimum Gasteiger partial charge on any atom is -0.475 e. The second-order valence-electron chi connectivity index (χ2n) is 22.6. The number of halogens is 3. The lowest BCUT2D eigenvalue weighted by Gasteiger charge is -2.45. The van der Waals surface area contributed by atoms with Crippen LogP contribution in [0.3, 0.4) is 0 Å². The van der Waals surface area contributed by atoms with E-state index in [2.05, 4.69) is 91.8 Å². The quantitative estimate of drug-likeness (QED) is 0.0250. The van der Waals surface area contributed by atoms with E-state index in [1.807, 2.05) is 50.8 Å². The highest BCUT2D eigenvalue weighted by molar-refractivity contribution is 7.57. The Bertz CT molecular complexity index is 3160. The predicted molar refractivity (Wildman–Crippen MR) is 360 cm³/mol. The van der Waals surface area contributed by atoms with E-state index in [4.69, 9.17) is 71.5 Å². The van der Waals surface area contributed by atoms with Crippen molar-refractivity contribution in [1.82, 2.24) is 38.3 Å². The SMILES string of the molecule is CC(C)N(C(C)C)P(OCCC#N)N(C(C)C)C(C)C.CCOP(=O)(/C=C/[C@H]1O[C@@H](n2ccc(=O)[nH]c2=O)[C@@H](OC)C1O)OCC.CCOP(=O)(/C=C/[C@H]1O[C@@H](n2ccc(=O)[nH]c2=O)[C@@H](OC)C1OC(OCCC#N)N(C(C)C)C(C)C)OCC.O=C(O)C(F)(F)F.c1ccncc1. The summed E-state index contributed by atoms with van der Waals surface area (Å²) < 4.78 is 127. The molecule has 0 spiro atoms. The van der Waals surface area contributed by atoms with Crippen LogP contribution in [0.1, 0.15) is 136 Å². The van der Waals surface area contributed by atoms with Gasteiger partial charge in [0.15, 0.2) is 20.9 Å². The van der Waals surface area contributed by atoms with Gasteiger partial charge >= 0.3 is 38.7 Å². The molecule has 2 saturated heterocycles. The van der Waals surface area contributed by atoms with Gasteiger partial charge in [0.25, 0.3) is 11.1 Å². The summed E-state index contributed by atoms with van der Waals surface area (Å²) in [5, 5.41) is 35.3. The van der Waals surface area contributed by atoms with Gasteiger partial charge in [0.05, 0.1) is 64.6 Å². The lowest BCUT2D eigenvalue weighted by Crippen LogP contribution is -2.51. The zero-order chi connectivity index (χ0) is 74.7. The largest absolute Gasteiger partial charge is 0.490 e. The first-order chi connectivity index (χ1) is 46.0. The molecule has 0 aromatic carbocycles. The molecule has 556 valence electrons. The number of carbonyl (C=O) groups is 1. The minimum absolute atomic E-state index is 0.00290. The highest BCUT2D eigenvalue weighted by Crippen LogP contribution is 2.52. The Labute approximate surface area is 572 Å². The van der Waals surface area contributed by atoms with Gasteiger partial charge in [0.2, 0.25) is 6.41 Å². The molecule has 0 amide bonds. The van der Waals surface area contributed by atoms with Crippen LogP contribution in [0.4, 0.5) is 13.2 Å². The number of aliphatic hydroxyl groups excluding tert-OH is 1. The van der Waals surface area contributed by atoms with E-state index in [-0.39, 0.29) is 51.5 Å². The van der Waals surface area contributed by atoms with E-state index in [0.29, 0.717) is 37.2 Å². The molecule has 4 N–H and O–H groups in total. The van der Waals surface area contributed by atoms with Crippen molar-refractivity contribution in [3.63, 3.8) is 0 Å². The molecule has 0 aliphatic carbocycles. The Kier molecular flexibility index (Phi) is 42.6. The van der Waals surface area contributed by atoms with Gasteiger partial charge in [-0.25, -0.2) is 23.7 Å². The van der Waals surface area contributed by atoms with Crippen LogP contribution in [0.5, 0.6) is 0 Å². The van der Waals surface area contributed by atoms with E-state index in [0.717, 1.165) is 10.6 Å². The second-order valence-corrected chi connectivity index (χ2v) is 28.1. The molecule has 0 bridgehead atoms. The van der Waals surface area contributed by atoms with E-state index in [9.17, 15) is 46.6 Å². The van der Waals surface area contributed by atoms with E-state index in [1.54, 1.807) is 40.1 Å². The topological polar surface area (TPSA) is 373 Å². The molecule has 9 atom stereocenters. The molecule has 0 saturated carbocycles. The molecule has 36 heteroatoms. The molecule has 3 unspecified atom stereocenters. The maximum Gasteiger partial charge on any atom is 0.490 e. The lowest BCUT2D eigenvalue weighted by atomic mass is 10.1. The zero-order valence-corrected chi connectivity index (χ0v) is 61.8. The predicted octanol–water partition coefficient (Wildman–Crippen LogP) is 9.63. The maximum absolute atomic E-state index is 13.1. The first-order valence-electron chi connectivity index (χ1n) is 31.8. The number of ether oxygens (including phenoxy) is 6. The van der Waals surface area contributed by atoms with E-state index in [1.165, 1.54) is 61.0 Å². The van der Waals surface area contributed by atoms with Crippen LogP contribution in [-0.2, 0) is 65.0 Å². The smallest absolute Gasteiger partial charge is 0.475 e. The molecule has 98 heavy (non-hydrogen) atoms. The van der Waals surface area contributed by atoms with Crippen molar-refractivity contribution in [1.29, 1.82) is 10.5 Å². The first-order valence-corrected chi connectivity index (χ1v) is 36.2. The second kappa shape index (κ2) is 46.1. The number of pyridine rings is 1. The summed E-state index contributed by atoms with van der Waals surface area (Å²) in [5.41, 5.74) is -2.50. The van der Waals surface area contributed by atoms with Crippen LogP contribution >= 0.6 is 23.6 Å². The van der Waals surface area contributed by atoms with Crippen LogP contribution in [0.2, 0.25) is 0 Å². The molecule has 2 aliphatic heterocycles. The molecule has 2 aliphatic rings. The fraction of sp³-hybridized carbons (Fsp3) is 0.677. The number of hydrogen-bond acceptors (Lipinski definition) is 25. The van der Waals surface area contributed by atoms with Crippen molar-refractivity contribution < 1.29 is 88.3 Å². The number of nitriles is 2. The van der Waals surface area contributed by atoms with Gasteiger partial charge < -0.3 is 61.3 Å². The summed E-state index contributed by atoms with van der Waals surface area (Å²) in [7, 11) is -5.09. The number of carboxylic acid groups (broad SMARTS) is 1. The first kappa shape index (κ1) is 90.5. The Balaban J connectivity index is 0.000000700. The molecule has 2 fully saturated rings. The average Bonchev–Trinajstić information content (AvgIpc) is 1.63. The van der Waals surface area contributed by atoms with Crippen molar-refractivity contribution in [2.24, 2.45) is 0 Å². The standard InChI is InChI=1S/C25H41N4O9P.C15H32N3OP.C15H23N2O8P.C5H5N.C2HF3O2/c1-8-35-39(32,36-9-2)16-12-19-21(38-25(34-15-10-13-26)29(17(3)4)18(5)6)22(33-7)23(37-19)28-14-11-20(30)27-24(28)31;1-12(2)17(13(3)4)20(19-11-9-10-16)18(14(5)6)15(7)8;1-4-23-26(21,24-5-2)9-7-10-12(19)13(22-3)14(25-10)17-8-6-11(18)16-15(17)20;1-2-4-6-5-3-1;3-2(4,5)1(6)7/h11-12,14,16-19,21-23,25H,8-10,15H2,1-7H3,(H,27,30,31);12-15H,9,11H2,1-8H3;6-10,12-14,19H,4-5H2,1-3H3,(H,16,18,20);1-5H;(H,6,7)/b16-12+;;9-7+;;/t19-,21?,22+,23-,25?;;10-,12?,13+,14-;;/m1.1../s1. The number of H-pyrrole nitrogens is 2. The Hall–Kier alpha value is -5.48. The third kappa shape index (κ3) is 30.4. The number of rotatable bonds is 33. The summed E-state index contributed by atoms with van der Waals surface area (Å²) in [6.45, 7) is 33.7. The van der Waals surface area contributed by atoms with Crippen LogP contribution < -0.4 is 22.5 Å². The molecule has 30 nitrogen and oxygen atoms in total. The van der Waals surface area contributed by atoms with Crippen molar-refractivity contribution in [2.45, 2.75) is 222 Å². The van der Waals surface area contributed by atoms with E-state index < -0.39 is 114 Å². The van der Waals surface area contributed by atoms with Gasteiger partial charge in [-0.15, -0.1) is 0 Å². The van der Waals surface area contributed by atoms with Gasteiger partial charge in [0, 0.05) is 99.0 Å². The number of nitrogens with zero attached hydrogens (tertiary/aromatic N) is 8. The summed E-state index contributed by atoms with van der Waals surface area (Å²) in [6, 6.07) is 14.0. The van der Waals surface area contributed by atoms with Crippen molar-refractivity contribution in [3.05, 3.63) is 121 Å². The monoisotopic (exact) mass is 1460 g/mol. The van der Waals surface area contributed by atoms with Crippen molar-refractivity contribution in [2.75, 3.05) is 53.9 Å². The number of hydrogen-bond donors (Lipinski definition) is 4. The normalized spacial score (nSPS) is 20.0. The zero-order valence-electron chi connectivity index (χ0n) is 59.1. The molecule has 5 heterocycles. The summed E-state index contributed by atoms with van der Waals surface area (Å²) in [6.07, 6.45) is -4.02. The number of alkyl halides is 3. The highest BCUT2D eigenvalue weighted by atomic mass is 31.2. The molecule has 5 rings (SSSR count). The number of nitrogens with one attached hydrogen (secondary N) is 2. The lowest BCUT2D eigenvalue weighted by molar-refractivity contribution is -0.271. The van der Waals surface area contributed by atoms with Crippen molar-refractivity contribution in [3.8, 4) is 12.1 Å². The van der Waals surface area contributed by atoms with E-state index >= 15 is 0 Å². The number of aliphatic hydroxyl groups is 1. The number of aromatic amines is 2. The fourth-order valence-electron chi connectivity index (χ4n) is 9.70. The molecular weight excluding hydrogens is 1350 g/mol. The maximum atomic E-state index is 13.1. The third-order valence-corrected chi connectivity index (χ3v) is 19.9. The highest BCUT2D eigenvalue weighted by Gasteiger charge is 2.49. The Morgan fingerprint density at radius 2 is 1.05 bits per heavy atom. The fourth-order valence-corrected chi connectivity index (χ4v) is 14.7. The molecule has 3 aromatic heterocycles. The summed E-state index contributed by atoms with van der Waals surface area (Å²) in [5.74, 6) is -0.231. The number of aromatic nitrogens is 5. The number of carboxylic acids is 1. The molecule has 3 aromatic rings. The number of aliphatic carboxylic acids is 1. The van der Waals surface area contributed by atoms with Gasteiger partial charge in [-0.05, 0) is 135 Å². The minimum atomic E-state index is -5.08. The summed E-state index contributed by atoms with van der Waals surface area (Å²) in [4.78, 5) is 66.5. The van der Waals surface area contributed by atoms with Gasteiger partial charge in [-0.1, -0.05) is 6.07 Å². The third-order valence-electron chi connectivity index (χ3n) is 13.3. The Morgan fingerprint density at radius 1 is 0.663 bits per heavy atom.